The fourth-order valence-electron chi connectivity index (χ4n) is 3.02. The fraction of sp³-hybridized carbons (Fsp3) is 0.120. The largest absolute Gasteiger partial charge is 0.324 e. The van der Waals surface area contributed by atoms with Crippen molar-refractivity contribution in [3.05, 3.63) is 90.5 Å². The molecule has 176 valence electrons. The summed E-state index contributed by atoms with van der Waals surface area (Å²) >= 11 is 1.69. The van der Waals surface area contributed by atoms with E-state index < -0.39 is 0 Å². The van der Waals surface area contributed by atoms with Crippen molar-refractivity contribution in [2.24, 2.45) is 10.2 Å². The Balaban J connectivity index is 1.59. The van der Waals surface area contributed by atoms with E-state index in [0.717, 1.165) is 28.2 Å². The lowest BCUT2D eigenvalue weighted by atomic mass is 10.2. The zero-order valence-corrected chi connectivity index (χ0v) is 20.4. The Morgan fingerprint density at radius 3 is 1.66 bits per heavy atom. The van der Waals surface area contributed by atoms with Gasteiger partial charge in [-0.25, -0.2) is 0 Å². The highest BCUT2D eigenvalue weighted by Crippen LogP contribution is 2.22. The quantitative estimate of drug-likeness (QED) is 0.165. The molecule has 0 atom stereocenters. The highest BCUT2D eigenvalue weighted by Gasteiger charge is 2.07. The molecule has 0 aliphatic heterocycles. The van der Waals surface area contributed by atoms with E-state index in [4.69, 9.17) is 0 Å². The molecule has 0 saturated carbocycles. The van der Waals surface area contributed by atoms with Gasteiger partial charge in [-0.05, 0) is 68.6 Å². The van der Waals surface area contributed by atoms with Gasteiger partial charge in [0, 0.05) is 52.6 Å². The maximum Gasteiger partial charge on any atom is 0.231 e. The van der Waals surface area contributed by atoms with Gasteiger partial charge < -0.3 is 5.32 Å². The lowest BCUT2D eigenvalue weighted by molar-refractivity contribution is 1.12. The van der Waals surface area contributed by atoms with Crippen LogP contribution in [0.4, 0.5) is 23.3 Å². The zero-order chi connectivity index (χ0) is 24.5. The Labute approximate surface area is 208 Å². The SMILES string of the molecule is CSc1ccc(Nc2nc(NN=C(C)c3ccncc3)cc(NN=C(C)c3ccncc3)n2)cc1. The first-order valence-electron chi connectivity index (χ1n) is 10.8. The second kappa shape index (κ2) is 11.7. The van der Waals surface area contributed by atoms with Crippen LogP contribution >= 0.6 is 11.8 Å². The summed E-state index contributed by atoms with van der Waals surface area (Å²) in [6.45, 7) is 3.83. The van der Waals surface area contributed by atoms with Gasteiger partial charge in [0.2, 0.25) is 5.95 Å². The summed E-state index contributed by atoms with van der Waals surface area (Å²) < 4.78 is 0. The second-order valence-corrected chi connectivity index (χ2v) is 8.28. The molecule has 4 rings (SSSR count). The predicted octanol–water partition coefficient (Wildman–Crippen LogP) is 5.40. The van der Waals surface area contributed by atoms with Gasteiger partial charge in [0.05, 0.1) is 11.4 Å². The van der Waals surface area contributed by atoms with E-state index in [1.165, 1.54) is 4.90 Å². The molecule has 4 aromatic rings. The minimum Gasteiger partial charge on any atom is -0.324 e. The molecule has 0 unspecified atom stereocenters. The van der Waals surface area contributed by atoms with Crippen molar-refractivity contribution in [3.63, 3.8) is 0 Å². The van der Waals surface area contributed by atoms with E-state index in [0.29, 0.717) is 17.6 Å². The minimum absolute atomic E-state index is 0.405. The van der Waals surface area contributed by atoms with Crippen LogP contribution in [0, 0.1) is 0 Å². The third-order valence-corrected chi connectivity index (χ3v) is 5.69. The summed E-state index contributed by atoms with van der Waals surface area (Å²) in [6.07, 6.45) is 8.97. The molecule has 3 aromatic heterocycles. The van der Waals surface area contributed by atoms with Gasteiger partial charge in [0.15, 0.2) is 11.6 Å². The number of nitrogens with one attached hydrogen (secondary N) is 3. The topological polar surface area (TPSA) is 112 Å². The molecule has 9 nitrogen and oxygen atoms in total. The Morgan fingerprint density at radius 1 is 0.714 bits per heavy atom. The number of nitrogens with zero attached hydrogens (tertiary/aromatic N) is 6. The highest BCUT2D eigenvalue weighted by atomic mass is 32.2. The van der Waals surface area contributed by atoms with Gasteiger partial charge in [0.1, 0.15) is 0 Å². The molecule has 0 aliphatic carbocycles. The molecule has 0 spiro atoms. The Bertz CT molecular complexity index is 1230. The van der Waals surface area contributed by atoms with Crippen LogP contribution in [0.1, 0.15) is 25.0 Å². The average Bonchev–Trinajstić information content (AvgIpc) is 2.91. The fourth-order valence-corrected chi connectivity index (χ4v) is 3.43. The van der Waals surface area contributed by atoms with Crippen LogP contribution in [0.25, 0.3) is 0 Å². The molecule has 10 heteroatoms. The molecule has 0 radical (unpaired) electrons. The third kappa shape index (κ3) is 6.84. The van der Waals surface area contributed by atoms with Crippen molar-refractivity contribution in [3.8, 4) is 0 Å². The number of rotatable bonds is 9. The van der Waals surface area contributed by atoms with Crippen LogP contribution in [0.3, 0.4) is 0 Å². The number of pyridine rings is 2. The number of hydrazone groups is 2. The molecule has 3 heterocycles. The van der Waals surface area contributed by atoms with Crippen LogP contribution in [0.15, 0.2) is 94.5 Å². The van der Waals surface area contributed by atoms with Crippen LogP contribution in [0.2, 0.25) is 0 Å². The van der Waals surface area contributed by atoms with Crippen molar-refractivity contribution < 1.29 is 0 Å². The average molecular weight is 484 g/mol. The standard InChI is InChI=1S/C25H25N9S/c1-17(19-8-12-26-13-9-19)31-33-23-16-24(34-32-18(2)20-10-14-27-15-11-20)30-25(29-23)28-21-4-6-22(35-3)7-5-21/h4-16H,1-3H3,(H3,28,29,30,33,34). The molecule has 0 saturated heterocycles. The minimum atomic E-state index is 0.405. The van der Waals surface area contributed by atoms with Gasteiger partial charge >= 0.3 is 0 Å². The van der Waals surface area contributed by atoms with Crippen molar-refractivity contribution in [2.75, 3.05) is 22.4 Å². The van der Waals surface area contributed by atoms with Gasteiger partial charge in [-0.1, -0.05) is 0 Å². The summed E-state index contributed by atoms with van der Waals surface area (Å²) in [7, 11) is 0. The first-order chi connectivity index (χ1) is 17.1. The summed E-state index contributed by atoms with van der Waals surface area (Å²) in [4.78, 5) is 18.4. The van der Waals surface area contributed by atoms with Crippen molar-refractivity contribution in [1.29, 1.82) is 0 Å². The number of hydrogen-bond acceptors (Lipinski definition) is 10. The van der Waals surface area contributed by atoms with E-state index in [2.05, 4.69) is 46.3 Å². The smallest absolute Gasteiger partial charge is 0.231 e. The maximum absolute atomic E-state index is 4.57. The maximum atomic E-state index is 4.57. The molecule has 0 amide bonds. The Kier molecular flexibility index (Phi) is 7.97. The van der Waals surface area contributed by atoms with E-state index >= 15 is 0 Å². The third-order valence-electron chi connectivity index (χ3n) is 4.94. The van der Waals surface area contributed by atoms with Crippen LogP contribution in [-0.4, -0.2) is 37.6 Å². The number of thioether (sulfide) groups is 1. The predicted molar refractivity (Wildman–Crippen MR) is 144 cm³/mol. The number of aromatic nitrogens is 4. The summed E-state index contributed by atoms with van der Waals surface area (Å²) in [5, 5.41) is 12.2. The van der Waals surface area contributed by atoms with Gasteiger partial charge in [-0.3, -0.25) is 20.8 Å². The van der Waals surface area contributed by atoms with Crippen molar-refractivity contribution >= 4 is 46.5 Å². The van der Waals surface area contributed by atoms with E-state index in [-0.39, 0.29) is 0 Å². The zero-order valence-electron chi connectivity index (χ0n) is 19.6. The first kappa shape index (κ1) is 23.8. The molecule has 1 aromatic carbocycles. The number of anilines is 4. The molecular weight excluding hydrogens is 458 g/mol. The first-order valence-corrected chi connectivity index (χ1v) is 12.0. The van der Waals surface area contributed by atoms with E-state index in [9.17, 15) is 0 Å². The van der Waals surface area contributed by atoms with Crippen molar-refractivity contribution in [1.82, 2.24) is 19.9 Å². The van der Waals surface area contributed by atoms with Gasteiger partial charge in [-0.2, -0.15) is 20.2 Å². The normalized spacial score (nSPS) is 11.7. The van der Waals surface area contributed by atoms with Crippen LogP contribution < -0.4 is 16.2 Å². The van der Waals surface area contributed by atoms with Crippen molar-refractivity contribution in [2.45, 2.75) is 18.7 Å². The van der Waals surface area contributed by atoms with Crippen LogP contribution in [-0.2, 0) is 0 Å². The molecule has 35 heavy (non-hydrogen) atoms. The second-order valence-electron chi connectivity index (χ2n) is 7.41. The highest BCUT2D eigenvalue weighted by molar-refractivity contribution is 7.98. The summed E-state index contributed by atoms with van der Waals surface area (Å²) in [6, 6.07) is 17.4. The Morgan fingerprint density at radius 2 is 1.20 bits per heavy atom. The lowest BCUT2D eigenvalue weighted by Gasteiger charge is -2.10. The summed E-state index contributed by atoms with van der Waals surface area (Å²) in [5.41, 5.74) is 10.4. The number of hydrogen-bond donors (Lipinski definition) is 3. The molecule has 0 fully saturated rings. The van der Waals surface area contributed by atoms with Crippen LogP contribution in [0.5, 0.6) is 0 Å². The summed E-state index contributed by atoms with van der Waals surface area (Å²) in [5.74, 6) is 1.43. The molecule has 0 bridgehead atoms. The molecule has 3 N–H and O–H groups in total. The van der Waals surface area contributed by atoms with E-state index in [1.807, 2.05) is 68.6 Å². The molecule has 0 aliphatic rings. The lowest BCUT2D eigenvalue weighted by Crippen LogP contribution is -2.06. The Hall–Kier alpha value is -4.31. The monoisotopic (exact) mass is 483 g/mol. The van der Waals surface area contributed by atoms with E-state index in [1.54, 1.807) is 42.6 Å². The van der Waals surface area contributed by atoms with Gasteiger partial charge in [0.25, 0.3) is 0 Å². The van der Waals surface area contributed by atoms with Gasteiger partial charge in [-0.15, -0.1) is 11.8 Å². The number of benzene rings is 1. The molecular formula is C25H25N9S.